The maximum Gasteiger partial charge on any atom is 0.335 e. The van der Waals surface area contributed by atoms with Crippen LogP contribution in [0.25, 0.3) is 0 Å². The normalized spacial score (nSPS) is 17.6. The Balaban J connectivity index is 2.20. The third kappa shape index (κ3) is 2.73. The second-order valence-electron chi connectivity index (χ2n) is 5.01. The molecule has 0 saturated heterocycles. The maximum atomic E-state index is 13.5. The molecule has 1 amide bonds. The van der Waals surface area contributed by atoms with Gasteiger partial charge in [0.1, 0.15) is 5.82 Å². The monoisotopic (exact) mass is 266 g/mol. The molecule has 6 heteroatoms. The second-order valence-corrected chi connectivity index (χ2v) is 5.01. The highest BCUT2D eigenvalue weighted by molar-refractivity contribution is 5.99. The summed E-state index contributed by atoms with van der Waals surface area (Å²) in [6.45, 7) is 1.60. The van der Waals surface area contributed by atoms with Crippen molar-refractivity contribution in [1.29, 1.82) is 0 Å². The van der Waals surface area contributed by atoms with E-state index in [2.05, 4.69) is 5.32 Å². The first-order valence-corrected chi connectivity index (χ1v) is 5.95. The lowest BCUT2D eigenvalue weighted by atomic mass is 9.96. The molecule has 1 saturated carbocycles. The van der Waals surface area contributed by atoms with Crippen molar-refractivity contribution in [2.24, 2.45) is 11.7 Å². The Morgan fingerprint density at radius 1 is 1.47 bits per heavy atom. The molecule has 4 N–H and O–H groups in total. The minimum Gasteiger partial charge on any atom is -0.478 e. The van der Waals surface area contributed by atoms with E-state index in [1.807, 2.05) is 0 Å². The van der Waals surface area contributed by atoms with Crippen LogP contribution < -0.4 is 11.1 Å². The Bertz CT molecular complexity index is 539. The number of halogens is 1. The van der Waals surface area contributed by atoms with Gasteiger partial charge < -0.3 is 16.2 Å². The van der Waals surface area contributed by atoms with Crippen molar-refractivity contribution in [2.75, 3.05) is 5.32 Å². The lowest BCUT2D eigenvalue weighted by Gasteiger charge is -2.23. The highest BCUT2D eigenvalue weighted by Crippen LogP contribution is 2.38. The summed E-state index contributed by atoms with van der Waals surface area (Å²) in [5, 5.41) is 11.2. The molecule has 1 fully saturated rings. The van der Waals surface area contributed by atoms with Gasteiger partial charge in [0.2, 0.25) is 5.91 Å². The fourth-order valence-electron chi connectivity index (χ4n) is 1.88. The zero-order chi connectivity index (χ0) is 14.2. The van der Waals surface area contributed by atoms with Crippen LogP contribution in [0.5, 0.6) is 0 Å². The van der Waals surface area contributed by atoms with Crippen LogP contribution >= 0.6 is 0 Å². The molecule has 1 unspecified atom stereocenters. The minimum absolute atomic E-state index is 0.0955. The molecule has 1 aromatic carbocycles. The second kappa shape index (κ2) is 4.62. The van der Waals surface area contributed by atoms with E-state index in [1.165, 1.54) is 0 Å². The molecule has 1 atom stereocenters. The molecule has 102 valence electrons. The van der Waals surface area contributed by atoms with E-state index in [1.54, 1.807) is 6.92 Å². The first kappa shape index (κ1) is 13.5. The van der Waals surface area contributed by atoms with Gasteiger partial charge in [0.15, 0.2) is 0 Å². The van der Waals surface area contributed by atoms with Crippen molar-refractivity contribution >= 4 is 17.6 Å². The minimum atomic E-state index is -1.19. The zero-order valence-corrected chi connectivity index (χ0v) is 10.4. The molecular weight excluding hydrogens is 251 g/mol. The van der Waals surface area contributed by atoms with Crippen LogP contribution in [0, 0.1) is 11.7 Å². The Kier molecular flexibility index (Phi) is 3.28. The number of carboxylic acid groups (broad SMARTS) is 1. The predicted octanol–water partition coefficient (Wildman–Crippen LogP) is 1.59. The van der Waals surface area contributed by atoms with E-state index < -0.39 is 23.2 Å². The Morgan fingerprint density at radius 3 is 2.63 bits per heavy atom. The van der Waals surface area contributed by atoms with Gasteiger partial charge in [-0.2, -0.15) is 0 Å². The number of hydrogen-bond donors (Lipinski definition) is 3. The average molecular weight is 266 g/mol. The topological polar surface area (TPSA) is 92.4 Å². The average Bonchev–Trinajstić information content (AvgIpc) is 3.15. The van der Waals surface area contributed by atoms with Crippen LogP contribution in [0.2, 0.25) is 0 Å². The highest BCUT2D eigenvalue weighted by Gasteiger charge is 2.44. The number of benzene rings is 1. The Morgan fingerprint density at radius 2 is 2.11 bits per heavy atom. The lowest BCUT2D eigenvalue weighted by Crippen LogP contribution is -2.50. The fourth-order valence-corrected chi connectivity index (χ4v) is 1.88. The van der Waals surface area contributed by atoms with Crippen molar-refractivity contribution < 1.29 is 19.1 Å². The van der Waals surface area contributed by atoms with Crippen LogP contribution in [0.1, 0.15) is 30.1 Å². The first-order chi connectivity index (χ1) is 8.82. The van der Waals surface area contributed by atoms with Gasteiger partial charge in [-0.05, 0) is 43.9 Å². The number of hydrogen-bond acceptors (Lipinski definition) is 3. The van der Waals surface area contributed by atoms with E-state index >= 15 is 0 Å². The molecule has 0 aliphatic heterocycles. The number of carboxylic acids is 1. The number of nitrogens with one attached hydrogen (secondary N) is 1. The lowest BCUT2D eigenvalue weighted by molar-refractivity contribution is -0.121. The number of carbonyl (C=O) groups is 2. The summed E-state index contributed by atoms with van der Waals surface area (Å²) in [7, 11) is 0. The van der Waals surface area contributed by atoms with Crippen LogP contribution in [0.3, 0.4) is 0 Å². The summed E-state index contributed by atoms with van der Waals surface area (Å²) in [4.78, 5) is 22.8. The van der Waals surface area contributed by atoms with Crippen molar-refractivity contribution in [1.82, 2.24) is 0 Å². The van der Waals surface area contributed by atoms with E-state index in [4.69, 9.17) is 10.8 Å². The molecule has 0 bridgehead atoms. The molecule has 0 spiro atoms. The van der Waals surface area contributed by atoms with Crippen LogP contribution in [-0.2, 0) is 4.79 Å². The van der Waals surface area contributed by atoms with E-state index in [9.17, 15) is 14.0 Å². The van der Waals surface area contributed by atoms with Gasteiger partial charge in [0, 0.05) is 0 Å². The number of nitrogens with two attached hydrogens (primary N) is 1. The van der Waals surface area contributed by atoms with E-state index in [-0.39, 0.29) is 17.2 Å². The highest BCUT2D eigenvalue weighted by atomic mass is 19.1. The SMILES string of the molecule is CC(N)(C(=O)Nc1cc(C(=O)O)ccc1F)C1CC1. The van der Waals surface area contributed by atoms with E-state index in [0.717, 1.165) is 31.0 Å². The zero-order valence-electron chi connectivity index (χ0n) is 10.4. The third-order valence-corrected chi connectivity index (χ3v) is 3.38. The standard InChI is InChI=1S/C13H15FN2O3/c1-13(15,8-3-4-8)12(19)16-10-6-7(11(17)18)2-5-9(10)14/h2,5-6,8H,3-4,15H2,1H3,(H,16,19)(H,17,18). The summed E-state index contributed by atoms with van der Waals surface area (Å²) in [5.74, 6) is -2.28. The predicted molar refractivity (Wildman–Crippen MR) is 67.3 cm³/mol. The Labute approximate surface area is 109 Å². The molecule has 1 aromatic rings. The van der Waals surface area contributed by atoms with Gasteiger partial charge in [0.25, 0.3) is 0 Å². The largest absolute Gasteiger partial charge is 0.478 e. The smallest absolute Gasteiger partial charge is 0.335 e. The van der Waals surface area contributed by atoms with Gasteiger partial charge in [-0.1, -0.05) is 0 Å². The molecule has 0 radical (unpaired) electrons. The van der Waals surface area contributed by atoms with Crippen molar-refractivity contribution in [3.63, 3.8) is 0 Å². The molecule has 5 nitrogen and oxygen atoms in total. The van der Waals surface area contributed by atoms with Gasteiger partial charge in [0.05, 0.1) is 16.8 Å². The summed E-state index contributed by atoms with van der Waals surface area (Å²) < 4.78 is 13.5. The molecule has 1 aliphatic rings. The van der Waals surface area contributed by atoms with Crippen LogP contribution in [0.15, 0.2) is 18.2 Å². The molecule has 2 rings (SSSR count). The summed E-state index contributed by atoms with van der Waals surface area (Å²) in [6.07, 6.45) is 1.75. The third-order valence-electron chi connectivity index (χ3n) is 3.38. The fraction of sp³-hybridized carbons (Fsp3) is 0.385. The Hall–Kier alpha value is -1.95. The van der Waals surface area contributed by atoms with Gasteiger partial charge in [-0.3, -0.25) is 4.79 Å². The van der Waals surface area contributed by atoms with Gasteiger partial charge in [-0.15, -0.1) is 0 Å². The summed E-state index contributed by atoms with van der Waals surface area (Å²) >= 11 is 0. The maximum absolute atomic E-state index is 13.5. The summed E-state index contributed by atoms with van der Waals surface area (Å²) in [5.41, 5.74) is 4.59. The number of rotatable bonds is 4. The number of anilines is 1. The number of amides is 1. The molecular formula is C13H15FN2O3. The number of carbonyl (C=O) groups excluding carboxylic acids is 1. The molecule has 0 aromatic heterocycles. The van der Waals surface area contributed by atoms with Crippen LogP contribution in [0.4, 0.5) is 10.1 Å². The van der Waals surface area contributed by atoms with Crippen molar-refractivity contribution in [3.05, 3.63) is 29.6 Å². The first-order valence-electron chi connectivity index (χ1n) is 5.95. The van der Waals surface area contributed by atoms with Gasteiger partial charge in [-0.25, -0.2) is 9.18 Å². The molecule has 1 aliphatic carbocycles. The van der Waals surface area contributed by atoms with Crippen molar-refractivity contribution in [3.8, 4) is 0 Å². The van der Waals surface area contributed by atoms with E-state index in [0.29, 0.717) is 0 Å². The molecule has 0 heterocycles. The molecule has 19 heavy (non-hydrogen) atoms. The van der Waals surface area contributed by atoms with Crippen LogP contribution in [-0.4, -0.2) is 22.5 Å². The number of aromatic carboxylic acids is 1. The van der Waals surface area contributed by atoms with Gasteiger partial charge >= 0.3 is 5.97 Å². The van der Waals surface area contributed by atoms with Crippen molar-refractivity contribution in [2.45, 2.75) is 25.3 Å². The summed E-state index contributed by atoms with van der Waals surface area (Å²) in [6, 6.07) is 3.22. The quantitative estimate of drug-likeness (QED) is 0.771.